The number of unbranched alkanes of at least 4 members (excludes halogenated alkanes) is 2. The second-order valence-electron chi connectivity index (χ2n) is 5.43. The van der Waals surface area contributed by atoms with E-state index >= 15 is 0 Å². The fraction of sp³-hybridized carbons (Fsp3) is 0.867. The highest BCUT2D eigenvalue weighted by Crippen LogP contribution is 2.27. The third-order valence-corrected chi connectivity index (χ3v) is 3.75. The Balaban J connectivity index is 2.45. The van der Waals surface area contributed by atoms with E-state index in [0.29, 0.717) is 6.92 Å². The Morgan fingerprint density at radius 1 is 1.00 bits per heavy atom. The summed E-state index contributed by atoms with van der Waals surface area (Å²) in [6, 6.07) is 0. The van der Waals surface area contributed by atoms with Crippen LogP contribution in [0.1, 0.15) is 72.1 Å². The van der Waals surface area contributed by atoms with Gasteiger partial charge in [-0.2, -0.15) is 0 Å². The lowest BCUT2D eigenvalue weighted by molar-refractivity contribution is 0.374. The first-order chi connectivity index (χ1) is 8.27. The van der Waals surface area contributed by atoms with E-state index < -0.39 is 0 Å². The topological polar surface area (TPSA) is 9.23 Å². The molecule has 0 aromatic rings. The third-order valence-electron chi connectivity index (χ3n) is 3.75. The zero-order valence-corrected chi connectivity index (χ0v) is 12.1. The van der Waals surface area contributed by atoms with Gasteiger partial charge >= 0.3 is 6.92 Å². The van der Waals surface area contributed by atoms with Crippen molar-refractivity contribution >= 4 is 6.92 Å². The molecule has 17 heavy (non-hydrogen) atoms. The second-order valence-corrected chi connectivity index (χ2v) is 5.43. The van der Waals surface area contributed by atoms with Gasteiger partial charge in [0.1, 0.15) is 0 Å². The van der Waals surface area contributed by atoms with Gasteiger partial charge in [0.2, 0.25) is 0 Å². The predicted octanol–water partition coefficient (Wildman–Crippen LogP) is 5.44. The predicted molar refractivity (Wildman–Crippen MR) is 77.4 cm³/mol. The quantitative estimate of drug-likeness (QED) is 0.509. The highest BCUT2D eigenvalue weighted by molar-refractivity contribution is 6.52. The molecule has 0 aliphatic heterocycles. The largest absolute Gasteiger partial charge is 0.564 e. The van der Waals surface area contributed by atoms with Crippen LogP contribution in [0.4, 0.5) is 0 Å². The first-order valence-corrected chi connectivity index (χ1v) is 7.63. The molecular formula is C15H29BO. The maximum absolute atomic E-state index is 6.29. The first kappa shape index (κ1) is 14.7. The minimum Gasteiger partial charge on any atom is -0.564 e. The highest BCUT2D eigenvalue weighted by Gasteiger charge is 2.20. The van der Waals surface area contributed by atoms with Crippen molar-refractivity contribution in [2.45, 2.75) is 84.8 Å². The molecule has 0 amide bonds. The third kappa shape index (κ3) is 5.65. The molecule has 98 valence electrons. The molecule has 1 aliphatic carbocycles. The monoisotopic (exact) mass is 236 g/mol. The van der Waals surface area contributed by atoms with Gasteiger partial charge in [0, 0.05) is 6.42 Å². The van der Waals surface area contributed by atoms with Crippen LogP contribution in [0, 0.1) is 0 Å². The summed E-state index contributed by atoms with van der Waals surface area (Å²) in [4.78, 5) is 0. The van der Waals surface area contributed by atoms with E-state index in [4.69, 9.17) is 4.65 Å². The standard InChI is InChI=1S/C15H29BO/c1-4-6-12-16(13-7-5-2)17-15-11-9-8-10-14(15)3/h4-13H2,1-3H3. The molecular weight excluding hydrogens is 207 g/mol. The van der Waals surface area contributed by atoms with Crippen LogP contribution < -0.4 is 0 Å². The lowest BCUT2D eigenvalue weighted by atomic mass is 9.59. The van der Waals surface area contributed by atoms with Crippen LogP contribution >= 0.6 is 0 Å². The van der Waals surface area contributed by atoms with Crippen LogP contribution in [-0.4, -0.2) is 6.92 Å². The molecule has 0 radical (unpaired) electrons. The van der Waals surface area contributed by atoms with E-state index in [2.05, 4.69) is 20.8 Å². The summed E-state index contributed by atoms with van der Waals surface area (Å²) in [6.45, 7) is 7.27. The smallest absolute Gasteiger partial charge is 0.357 e. The van der Waals surface area contributed by atoms with Gasteiger partial charge in [0.05, 0.1) is 5.76 Å². The highest BCUT2D eigenvalue weighted by atomic mass is 16.4. The summed E-state index contributed by atoms with van der Waals surface area (Å²) >= 11 is 0. The van der Waals surface area contributed by atoms with E-state index in [-0.39, 0.29) is 0 Å². The molecule has 2 heteroatoms. The molecule has 0 saturated heterocycles. The van der Waals surface area contributed by atoms with Crippen molar-refractivity contribution in [3.63, 3.8) is 0 Å². The summed E-state index contributed by atoms with van der Waals surface area (Å²) < 4.78 is 6.29. The number of rotatable bonds is 8. The molecule has 1 rings (SSSR count). The molecule has 0 aromatic heterocycles. The van der Waals surface area contributed by atoms with Gasteiger partial charge in [0.15, 0.2) is 0 Å². The molecule has 0 saturated carbocycles. The fourth-order valence-corrected chi connectivity index (χ4v) is 2.52. The molecule has 0 heterocycles. The summed E-state index contributed by atoms with van der Waals surface area (Å²) in [5, 5.41) is 0. The number of allylic oxidation sites excluding steroid dienone is 2. The Hall–Kier alpha value is -0.395. The van der Waals surface area contributed by atoms with E-state index in [1.54, 1.807) is 0 Å². The average molecular weight is 236 g/mol. The maximum atomic E-state index is 6.29. The normalized spacial score (nSPS) is 16.2. The van der Waals surface area contributed by atoms with Gasteiger partial charge < -0.3 is 4.65 Å². The molecule has 0 unspecified atom stereocenters. The van der Waals surface area contributed by atoms with Crippen molar-refractivity contribution in [1.29, 1.82) is 0 Å². The number of hydrogen-bond acceptors (Lipinski definition) is 1. The Labute approximate surface area is 108 Å². The van der Waals surface area contributed by atoms with Gasteiger partial charge in [-0.1, -0.05) is 39.5 Å². The van der Waals surface area contributed by atoms with Gasteiger partial charge in [-0.15, -0.1) is 0 Å². The average Bonchev–Trinajstić information content (AvgIpc) is 2.35. The van der Waals surface area contributed by atoms with Crippen LogP contribution in [0.2, 0.25) is 12.6 Å². The SMILES string of the molecule is CCCCB(CCCC)OC1=C(C)CCCC1. The van der Waals surface area contributed by atoms with Crippen LogP contribution in [0.3, 0.4) is 0 Å². The van der Waals surface area contributed by atoms with Crippen molar-refractivity contribution in [2.75, 3.05) is 0 Å². The van der Waals surface area contributed by atoms with Gasteiger partial charge in [0.25, 0.3) is 0 Å². The summed E-state index contributed by atoms with van der Waals surface area (Å²) in [7, 11) is 0. The van der Waals surface area contributed by atoms with Crippen molar-refractivity contribution in [3.05, 3.63) is 11.3 Å². The summed E-state index contributed by atoms with van der Waals surface area (Å²) in [5.74, 6) is 1.33. The van der Waals surface area contributed by atoms with Crippen molar-refractivity contribution in [3.8, 4) is 0 Å². The molecule has 0 N–H and O–H groups in total. The lowest BCUT2D eigenvalue weighted by Crippen LogP contribution is -2.19. The Morgan fingerprint density at radius 2 is 1.59 bits per heavy atom. The lowest BCUT2D eigenvalue weighted by Gasteiger charge is -2.23. The molecule has 0 bridgehead atoms. The number of hydrogen-bond donors (Lipinski definition) is 0. The van der Waals surface area contributed by atoms with Gasteiger partial charge in [-0.3, -0.25) is 0 Å². The van der Waals surface area contributed by atoms with Gasteiger partial charge in [-0.25, -0.2) is 0 Å². The minimum atomic E-state index is 0.484. The van der Waals surface area contributed by atoms with E-state index in [1.807, 2.05) is 0 Å². The van der Waals surface area contributed by atoms with Crippen molar-refractivity contribution in [1.82, 2.24) is 0 Å². The first-order valence-electron chi connectivity index (χ1n) is 7.63. The molecule has 0 atom stereocenters. The zero-order valence-electron chi connectivity index (χ0n) is 12.1. The van der Waals surface area contributed by atoms with Crippen LogP contribution in [0.15, 0.2) is 11.3 Å². The second kappa shape index (κ2) is 8.66. The van der Waals surface area contributed by atoms with Crippen LogP contribution in [-0.2, 0) is 4.65 Å². The molecule has 0 spiro atoms. The Bertz CT molecular complexity index is 227. The maximum Gasteiger partial charge on any atom is 0.357 e. The van der Waals surface area contributed by atoms with E-state index in [1.165, 1.54) is 75.3 Å². The molecule has 0 aromatic carbocycles. The van der Waals surface area contributed by atoms with Gasteiger partial charge in [-0.05, 0) is 44.4 Å². The molecule has 1 aliphatic rings. The van der Waals surface area contributed by atoms with Crippen molar-refractivity contribution < 1.29 is 4.65 Å². The molecule has 0 fully saturated rings. The minimum absolute atomic E-state index is 0.484. The van der Waals surface area contributed by atoms with E-state index in [9.17, 15) is 0 Å². The Kier molecular flexibility index (Phi) is 7.47. The van der Waals surface area contributed by atoms with Crippen LogP contribution in [0.5, 0.6) is 0 Å². The summed E-state index contributed by atoms with van der Waals surface area (Å²) in [5.41, 5.74) is 1.51. The van der Waals surface area contributed by atoms with Crippen LogP contribution in [0.25, 0.3) is 0 Å². The Morgan fingerprint density at radius 3 is 2.12 bits per heavy atom. The zero-order chi connectivity index (χ0) is 12.5. The molecule has 1 nitrogen and oxygen atoms in total. The summed E-state index contributed by atoms with van der Waals surface area (Å²) in [6.07, 6.45) is 12.8. The van der Waals surface area contributed by atoms with E-state index in [0.717, 1.165) is 0 Å². The van der Waals surface area contributed by atoms with Crippen molar-refractivity contribution in [2.24, 2.45) is 0 Å². The fourth-order valence-electron chi connectivity index (χ4n) is 2.52.